The molecular weight excluding hydrogens is 326 g/mol. The maximum absolute atomic E-state index is 12.2. The number of carbonyl (C=O) groups is 1. The van der Waals surface area contributed by atoms with Crippen molar-refractivity contribution in [2.45, 2.75) is 58.7 Å². The highest BCUT2D eigenvalue weighted by Crippen LogP contribution is 2.24. The van der Waals surface area contributed by atoms with E-state index < -0.39 is 5.60 Å². The number of aromatic nitrogens is 1. The monoisotopic (exact) mass is 355 g/mol. The fraction of sp³-hybridized carbons (Fsp3) is 0.765. The van der Waals surface area contributed by atoms with E-state index in [-0.39, 0.29) is 12.1 Å². The molecule has 2 heterocycles. The van der Waals surface area contributed by atoms with E-state index >= 15 is 0 Å². The first-order chi connectivity index (χ1) is 11.3. The van der Waals surface area contributed by atoms with Crippen LogP contribution in [0, 0.1) is 0 Å². The van der Waals surface area contributed by atoms with Crippen molar-refractivity contribution in [1.29, 1.82) is 0 Å². The zero-order valence-corrected chi connectivity index (χ0v) is 16.2. The van der Waals surface area contributed by atoms with Crippen LogP contribution in [-0.2, 0) is 11.3 Å². The predicted molar refractivity (Wildman–Crippen MR) is 95.6 cm³/mol. The predicted octanol–water partition coefficient (Wildman–Crippen LogP) is 3.37. The SMILES string of the molecule is CCOc1ncc(CN2CCC(N(C)C(=O)OC(C)(C)C)CC2)s1. The second kappa shape index (κ2) is 8.16. The molecule has 0 N–H and O–H groups in total. The highest BCUT2D eigenvalue weighted by molar-refractivity contribution is 7.13. The maximum Gasteiger partial charge on any atom is 0.410 e. The summed E-state index contributed by atoms with van der Waals surface area (Å²) in [6, 6.07) is 0.247. The second-order valence-electron chi connectivity index (χ2n) is 7.12. The van der Waals surface area contributed by atoms with Crippen molar-refractivity contribution >= 4 is 17.4 Å². The first-order valence-electron chi connectivity index (χ1n) is 8.54. The molecule has 24 heavy (non-hydrogen) atoms. The van der Waals surface area contributed by atoms with Crippen molar-refractivity contribution in [2.24, 2.45) is 0 Å². The van der Waals surface area contributed by atoms with Crippen LogP contribution in [0.5, 0.6) is 5.19 Å². The number of amides is 1. The standard InChI is InChI=1S/C17H29N3O3S/c1-6-22-15-18-11-14(24-15)12-20-9-7-13(8-10-20)19(5)16(21)23-17(2,3)4/h11,13H,6-10,12H2,1-5H3. The maximum atomic E-state index is 12.2. The topological polar surface area (TPSA) is 54.9 Å². The van der Waals surface area contributed by atoms with Gasteiger partial charge in [-0.2, -0.15) is 0 Å². The molecule has 0 aromatic carbocycles. The Morgan fingerprint density at radius 1 is 1.42 bits per heavy atom. The Hall–Kier alpha value is -1.34. The van der Waals surface area contributed by atoms with Gasteiger partial charge in [0.1, 0.15) is 5.60 Å². The summed E-state index contributed by atoms with van der Waals surface area (Å²) in [6.45, 7) is 11.1. The Kier molecular flexibility index (Phi) is 6.46. The number of nitrogens with zero attached hydrogens (tertiary/aromatic N) is 3. The number of hydrogen-bond acceptors (Lipinski definition) is 6. The Morgan fingerprint density at radius 3 is 2.67 bits per heavy atom. The Bertz CT molecular complexity index is 533. The van der Waals surface area contributed by atoms with Gasteiger partial charge in [0.25, 0.3) is 5.19 Å². The Labute approximate surface area is 148 Å². The lowest BCUT2D eigenvalue weighted by Gasteiger charge is -2.37. The number of carbonyl (C=O) groups excluding carboxylic acids is 1. The summed E-state index contributed by atoms with van der Waals surface area (Å²) in [5.41, 5.74) is -0.448. The van der Waals surface area contributed by atoms with Crippen molar-refractivity contribution < 1.29 is 14.3 Å². The Morgan fingerprint density at radius 2 is 2.08 bits per heavy atom. The largest absolute Gasteiger partial charge is 0.470 e. The molecule has 1 aromatic heterocycles. The van der Waals surface area contributed by atoms with Crippen LogP contribution in [0.1, 0.15) is 45.4 Å². The van der Waals surface area contributed by atoms with Gasteiger partial charge in [-0.05, 0) is 40.5 Å². The van der Waals surface area contributed by atoms with Crippen molar-refractivity contribution in [1.82, 2.24) is 14.8 Å². The summed E-state index contributed by atoms with van der Waals surface area (Å²) < 4.78 is 10.9. The van der Waals surface area contributed by atoms with Crippen LogP contribution in [0.25, 0.3) is 0 Å². The summed E-state index contributed by atoms with van der Waals surface area (Å²) in [7, 11) is 1.84. The average Bonchev–Trinajstić information content (AvgIpc) is 2.93. The number of likely N-dealkylation sites (tertiary alicyclic amines) is 1. The fourth-order valence-electron chi connectivity index (χ4n) is 2.72. The van der Waals surface area contributed by atoms with Gasteiger partial charge in [0.2, 0.25) is 0 Å². The molecule has 0 atom stereocenters. The normalized spacial score (nSPS) is 16.9. The van der Waals surface area contributed by atoms with E-state index in [0.29, 0.717) is 6.61 Å². The third-order valence-electron chi connectivity index (χ3n) is 3.97. The van der Waals surface area contributed by atoms with Crippen LogP contribution in [0.4, 0.5) is 4.79 Å². The van der Waals surface area contributed by atoms with E-state index in [1.807, 2.05) is 40.9 Å². The van der Waals surface area contributed by atoms with Crippen LogP contribution in [-0.4, -0.2) is 59.3 Å². The van der Waals surface area contributed by atoms with E-state index in [2.05, 4.69) is 9.88 Å². The minimum absolute atomic E-state index is 0.232. The van der Waals surface area contributed by atoms with Gasteiger partial charge in [-0.3, -0.25) is 4.90 Å². The summed E-state index contributed by atoms with van der Waals surface area (Å²) in [4.78, 5) is 21.8. The number of rotatable bonds is 5. The van der Waals surface area contributed by atoms with Crippen LogP contribution >= 0.6 is 11.3 Å². The zero-order chi connectivity index (χ0) is 17.7. The smallest absolute Gasteiger partial charge is 0.410 e. The van der Waals surface area contributed by atoms with E-state index in [4.69, 9.17) is 9.47 Å². The molecule has 6 nitrogen and oxygen atoms in total. The number of thiazole rings is 1. The molecule has 0 bridgehead atoms. The summed E-state index contributed by atoms with van der Waals surface area (Å²) in [5, 5.41) is 0.743. The first-order valence-corrected chi connectivity index (χ1v) is 9.36. The van der Waals surface area contributed by atoms with Crippen molar-refractivity contribution in [2.75, 3.05) is 26.7 Å². The van der Waals surface area contributed by atoms with Gasteiger partial charge in [-0.1, -0.05) is 11.3 Å². The molecule has 7 heteroatoms. The molecule has 136 valence electrons. The van der Waals surface area contributed by atoms with E-state index in [1.54, 1.807) is 16.2 Å². The third kappa shape index (κ3) is 5.63. The molecule has 1 aliphatic heterocycles. The van der Waals surface area contributed by atoms with Crippen molar-refractivity contribution in [3.8, 4) is 5.19 Å². The highest BCUT2D eigenvalue weighted by Gasteiger charge is 2.28. The minimum Gasteiger partial charge on any atom is -0.470 e. The summed E-state index contributed by atoms with van der Waals surface area (Å²) in [6.07, 6.45) is 3.60. The number of hydrogen-bond donors (Lipinski definition) is 0. The van der Waals surface area contributed by atoms with Crippen LogP contribution in [0.3, 0.4) is 0 Å². The van der Waals surface area contributed by atoms with E-state index in [9.17, 15) is 4.79 Å². The van der Waals surface area contributed by atoms with Gasteiger partial charge >= 0.3 is 6.09 Å². The zero-order valence-electron chi connectivity index (χ0n) is 15.4. The van der Waals surface area contributed by atoms with Crippen LogP contribution < -0.4 is 4.74 Å². The third-order valence-corrected chi connectivity index (χ3v) is 4.86. The number of piperidine rings is 1. The minimum atomic E-state index is -0.448. The van der Waals surface area contributed by atoms with Crippen molar-refractivity contribution in [3.63, 3.8) is 0 Å². The lowest BCUT2D eigenvalue weighted by molar-refractivity contribution is 0.0149. The number of ether oxygens (including phenoxy) is 2. The first kappa shape index (κ1) is 19.0. The van der Waals surface area contributed by atoms with Gasteiger partial charge in [0, 0.05) is 43.8 Å². The molecule has 1 aliphatic rings. The van der Waals surface area contributed by atoms with Crippen molar-refractivity contribution in [3.05, 3.63) is 11.1 Å². The van der Waals surface area contributed by atoms with E-state index in [0.717, 1.165) is 37.7 Å². The van der Waals surface area contributed by atoms with E-state index in [1.165, 1.54) is 4.88 Å². The van der Waals surface area contributed by atoms with Gasteiger partial charge in [0.05, 0.1) is 6.61 Å². The Balaban J connectivity index is 1.79. The van der Waals surface area contributed by atoms with Gasteiger partial charge in [-0.25, -0.2) is 9.78 Å². The van der Waals surface area contributed by atoms with Crippen LogP contribution in [0.15, 0.2) is 6.20 Å². The fourth-order valence-corrected chi connectivity index (χ4v) is 3.58. The molecule has 1 aromatic rings. The molecule has 0 radical (unpaired) electrons. The quantitative estimate of drug-likeness (QED) is 0.810. The molecule has 0 unspecified atom stereocenters. The van der Waals surface area contributed by atoms with Gasteiger partial charge in [-0.15, -0.1) is 0 Å². The summed E-state index contributed by atoms with van der Waals surface area (Å²) in [5.74, 6) is 0. The molecular formula is C17H29N3O3S. The summed E-state index contributed by atoms with van der Waals surface area (Å²) >= 11 is 1.61. The van der Waals surface area contributed by atoms with Gasteiger partial charge < -0.3 is 14.4 Å². The lowest BCUT2D eigenvalue weighted by Crippen LogP contribution is -2.46. The molecule has 0 aliphatic carbocycles. The second-order valence-corrected chi connectivity index (χ2v) is 8.20. The molecule has 2 rings (SSSR count). The average molecular weight is 356 g/mol. The highest BCUT2D eigenvalue weighted by atomic mass is 32.1. The van der Waals surface area contributed by atoms with Gasteiger partial charge in [0.15, 0.2) is 0 Å². The molecule has 0 saturated carbocycles. The molecule has 1 saturated heterocycles. The van der Waals surface area contributed by atoms with Crippen LogP contribution in [0.2, 0.25) is 0 Å². The molecule has 1 amide bonds. The molecule has 0 spiro atoms. The lowest BCUT2D eigenvalue weighted by atomic mass is 10.0. The molecule has 1 fully saturated rings.